The number of benzene rings is 1. The average Bonchev–Trinajstić information content (AvgIpc) is 2.26. The number of nitrogens with two attached hydrogens (primary N) is 1. The van der Waals surface area contributed by atoms with Crippen molar-refractivity contribution in [2.75, 3.05) is 6.54 Å². The van der Waals surface area contributed by atoms with Crippen molar-refractivity contribution in [3.05, 3.63) is 34.9 Å². The van der Waals surface area contributed by atoms with E-state index < -0.39 is 0 Å². The minimum absolute atomic E-state index is 0.649. The van der Waals surface area contributed by atoms with E-state index in [0.29, 0.717) is 6.42 Å². The van der Waals surface area contributed by atoms with Crippen molar-refractivity contribution < 1.29 is 0 Å². The number of halogens is 1. The van der Waals surface area contributed by atoms with Gasteiger partial charge in [0.2, 0.25) is 0 Å². The second-order valence-electron chi connectivity index (χ2n) is 3.24. The molecule has 0 fully saturated rings. The van der Waals surface area contributed by atoms with Crippen molar-refractivity contribution in [2.45, 2.75) is 19.8 Å². The lowest BCUT2D eigenvalue weighted by atomic mass is 10.1. The number of rotatable bonds is 4. The van der Waals surface area contributed by atoms with E-state index in [1.165, 1.54) is 0 Å². The van der Waals surface area contributed by atoms with Gasteiger partial charge in [-0.05, 0) is 18.1 Å². The van der Waals surface area contributed by atoms with Crippen LogP contribution in [0.25, 0.3) is 0 Å². The normalized spacial score (nSPS) is 11.5. The van der Waals surface area contributed by atoms with Crippen LogP contribution in [0.4, 0.5) is 0 Å². The molecule has 0 spiro atoms. The van der Waals surface area contributed by atoms with Crippen LogP contribution in [0.3, 0.4) is 0 Å². The minimum Gasteiger partial charge on any atom is -0.312 e. The van der Waals surface area contributed by atoms with Gasteiger partial charge >= 0.3 is 0 Å². The summed E-state index contributed by atoms with van der Waals surface area (Å²) in [6.07, 6.45) is 1.66. The number of amidine groups is 1. The van der Waals surface area contributed by atoms with E-state index in [4.69, 9.17) is 17.4 Å². The van der Waals surface area contributed by atoms with Gasteiger partial charge in [-0.1, -0.05) is 36.7 Å². The molecule has 0 aliphatic heterocycles. The third-order valence-electron chi connectivity index (χ3n) is 2.01. The second-order valence-corrected chi connectivity index (χ2v) is 3.65. The lowest BCUT2D eigenvalue weighted by Gasteiger charge is -2.07. The van der Waals surface area contributed by atoms with Gasteiger partial charge in [-0.3, -0.25) is 4.99 Å². The molecule has 0 unspecified atom stereocenters. The van der Waals surface area contributed by atoms with Gasteiger partial charge in [0.25, 0.3) is 0 Å². The molecule has 0 radical (unpaired) electrons. The molecule has 0 aliphatic carbocycles. The summed E-state index contributed by atoms with van der Waals surface area (Å²) in [7, 11) is 0. The number of hydrazine groups is 1. The molecule has 15 heavy (non-hydrogen) atoms. The van der Waals surface area contributed by atoms with Crippen molar-refractivity contribution in [1.29, 1.82) is 0 Å². The SMILES string of the molecule is CCCN=C(Cc1ccccc1Cl)NN. The van der Waals surface area contributed by atoms with Gasteiger partial charge < -0.3 is 5.43 Å². The molecule has 0 heterocycles. The maximum absolute atomic E-state index is 6.04. The molecule has 0 atom stereocenters. The third-order valence-corrected chi connectivity index (χ3v) is 2.38. The van der Waals surface area contributed by atoms with E-state index in [0.717, 1.165) is 29.4 Å². The van der Waals surface area contributed by atoms with Gasteiger partial charge in [-0.15, -0.1) is 0 Å². The van der Waals surface area contributed by atoms with E-state index in [1.54, 1.807) is 0 Å². The molecule has 0 aromatic heterocycles. The van der Waals surface area contributed by atoms with E-state index in [-0.39, 0.29) is 0 Å². The smallest absolute Gasteiger partial charge is 0.115 e. The monoisotopic (exact) mass is 225 g/mol. The van der Waals surface area contributed by atoms with Gasteiger partial charge in [-0.2, -0.15) is 0 Å². The first-order valence-electron chi connectivity index (χ1n) is 5.01. The topological polar surface area (TPSA) is 50.4 Å². The number of hydrogen-bond acceptors (Lipinski definition) is 2. The van der Waals surface area contributed by atoms with Gasteiger partial charge in [0.05, 0.1) is 0 Å². The van der Waals surface area contributed by atoms with Crippen molar-refractivity contribution >= 4 is 17.4 Å². The Morgan fingerprint density at radius 2 is 2.20 bits per heavy atom. The van der Waals surface area contributed by atoms with Crippen LogP contribution < -0.4 is 11.3 Å². The predicted octanol–water partition coefficient (Wildman–Crippen LogP) is 2.15. The zero-order chi connectivity index (χ0) is 11.1. The summed E-state index contributed by atoms with van der Waals surface area (Å²) >= 11 is 6.04. The first-order valence-corrected chi connectivity index (χ1v) is 5.39. The van der Waals surface area contributed by atoms with Crippen molar-refractivity contribution in [3.63, 3.8) is 0 Å². The van der Waals surface area contributed by atoms with Crippen LogP contribution >= 0.6 is 11.6 Å². The molecule has 3 nitrogen and oxygen atoms in total. The standard InChI is InChI=1S/C11H16ClN3/c1-2-7-14-11(15-13)8-9-5-3-4-6-10(9)12/h3-6H,2,7-8,13H2,1H3,(H,14,15). The Bertz CT molecular complexity index is 336. The fourth-order valence-electron chi connectivity index (χ4n) is 1.22. The van der Waals surface area contributed by atoms with Crippen molar-refractivity contribution in [2.24, 2.45) is 10.8 Å². The zero-order valence-corrected chi connectivity index (χ0v) is 9.59. The highest BCUT2D eigenvalue weighted by Gasteiger charge is 2.02. The van der Waals surface area contributed by atoms with Crippen LogP contribution in [-0.4, -0.2) is 12.4 Å². The summed E-state index contributed by atoms with van der Waals surface area (Å²) < 4.78 is 0. The van der Waals surface area contributed by atoms with Gasteiger partial charge in [0.15, 0.2) is 0 Å². The lowest BCUT2D eigenvalue weighted by Crippen LogP contribution is -2.32. The zero-order valence-electron chi connectivity index (χ0n) is 8.83. The molecule has 3 N–H and O–H groups in total. The van der Waals surface area contributed by atoms with Crippen molar-refractivity contribution in [1.82, 2.24) is 5.43 Å². The van der Waals surface area contributed by atoms with Gasteiger partial charge in [-0.25, -0.2) is 5.84 Å². The maximum Gasteiger partial charge on any atom is 0.115 e. The average molecular weight is 226 g/mol. The molecule has 1 aromatic rings. The third kappa shape index (κ3) is 3.90. The van der Waals surface area contributed by atoms with E-state index >= 15 is 0 Å². The van der Waals surface area contributed by atoms with Crippen molar-refractivity contribution in [3.8, 4) is 0 Å². The molecule has 1 rings (SSSR count). The molecule has 0 saturated heterocycles. The summed E-state index contributed by atoms with van der Waals surface area (Å²) in [6.45, 7) is 2.86. The highest BCUT2D eigenvalue weighted by atomic mass is 35.5. The molecular weight excluding hydrogens is 210 g/mol. The van der Waals surface area contributed by atoms with E-state index in [1.807, 2.05) is 24.3 Å². The highest BCUT2D eigenvalue weighted by Crippen LogP contribution is 2.15. The van der Waals surface area contributed by atoms with Crippen LogP contribution in [0.1, 0.15) is 18.9 Å². The number of nitrogens with one attached hydrogen (secondary N) is 1. The van der Waals surface area contributed by atoms with Crippen LogP contribution in [0.5, 0.6) is 0 Å². The molecular formula is C11H16ClN3. The fraction of sp³-hybridized carbons (Fsp3) is 0.364. The van der Waals surface area contributed by atoms with Crippen LogP contribution in [0, 0.1) is 0 Å². The Hall–Kier alpha value is -1.06. The first-order chi connectivity index (χ1) is 7.27. The molecule has 1 aromatic carbocycles. The Labute approximate surface area is 95.3 Å². The Morgan fingerprint density at radius 1 is 1.47 bits per heavy atom. The predicted molar refractivity (Wildman–Crippen MR) is 65.1 cm³/mol. The molecule has 0 saturated carbocycles. The number of aliphatic imine (C=N–C) groups is 1. The summed E-state index contributed by atoms with van der Waals surface area (Å²) in [5.41, 5.74) is 3.64. The summed E-state index contributed by atoms with van der Waals surface area (Å²) in [6, 6.07) is 7.70. The van der Waals surface area contributed by atoms with Gasteiger partial charge in [0, 0.05) is 18.0 Å². The Balaban J connectivity index is 2.71. The Kier molecular flexibility index (Phi) is 5.15. The molecule has 0 amide bonds. The summed E-state index contributed by atoms with van der Waals surface area (Å²) in [5.74, 6) is 6.16. The van der Waals surface area contributed by atoms with E-state index in [9.17, 15) is 0 Å². The first kappa shape index (κ1) is 12.0. The molecule has 82 valence electrons. The number of nitrogens with zero attached hydrogens (tertiary/aromatic N) is 1. The molecule has 0 bridgehead atoms. The minimum atomic E-state index is 0.649. The van der Waals surface area contributed by atoms with E-state index in [2.05, 4.69) is 17.3 Å². The molecule has 0 aliphatic rings. The summed E-state index contributed by atoms with van der Waals surface area (Å²) in [4.78, 5) is 4.32. The summed E-state index contributed by atoms with van der Waals surface area (Å²) in [5, 5.41) is 0.747. The largest absolute Gasteiger partial charge is 0.312 e. The quantitative estimate of drug-likeness (QED) is 0.357. The van der Waals surface area contributed by atoms with Crippen LogP contribution in [0.2, 0.25) is 5.02 Å². The lowest BCUT2D eigenvalue weighted by molar-refractivity contribution is 0.893. The van der Waals surface area contributed by atoms with Gasteiger partial charge in [0.1, 0.15) is 5.84 Å². The molecule has 4 heteroatoms. The van der Waals surface area contributed by atoms with Crippen LogP contribution in [0.15, 0.2) is 29.3 Å². The maximum atomic E-state index is 6.04. The second kappa shape index (κ2) is 6.43. The number of hydrogen-bond donors (Lipinski definition) is 2. The van der Waals surface area contributed by atoms with Crippen LogP contribution in [-0.2, 0) is 6.42 Å². The fourth-order valence-corrected chi connectivity index (χ4v) is 1.42. The Morgan fingerprint density at radius 3 is 2.80 bits per heavy atom. The highest BCUT2D eigenvalue weighted by molar-refractivity contribution is 6.31.